The monoisotopic (exact) mass is 596 g/mol. The number of aryl methyl sites for hydroxylation is 1. The molecule has 9 aromatic carbocycles. The van der Waals surface area contributed by atoms with Crippen LogP contribution in [-0.4, -0.2) is 0 Å². The lowest BCUT2D eigenvalue weighted by atomic mass is 9.83. The molecule has 9 rings (SSSR count). The fourth-order valence-corrected chi connectivity index (χ4v) is 7.57. The van der Waals surface area contributed by atoms with E-state index in [-0.39, 0.29) is 0 Å². The molecule has 47 heavy (non-hydrogen) atoms. The molecule has 0 saturated heterocycles. The standard InChI is InChI=1S/C47H32/c1-31-13-2-5-17-37(31)46-41-20-8-10-22-43(41)47(44-23-11-9-21-42(44)46)45-30-36(29-35-15-4-7-19-40(35)45)32-25-27-34(28-26-32)39-24-12-16-33-14-3-6-18-38(33)39/h2-30H,1H3. The maximum Gasteiger partial charge on any atom is -0.00199 e. The van der Waals surface area contributed by atoms with Gasteiger partial charge >= 0.3 is 0 Å². The summed E-state index contributed by atoms with van der Waals surface area (Å²) in [4.78, 5) is 0. The molecule has 0 aromatic heterocycles. The summed E-state index contributed by atoms with van der Waals surface area (Å²) in [6.45, 7) is 2.22. The van der Waals surface area contributed by atoms with Gasteiger partial charge in [-0.25, -0.2) is 0 Å². The topological polar surface area (TPSA) is 0 Å². The third kappa shape index (κ3) is 4.53. The zero-order chi connectivity index (χ0) is 31.3. The van der Waals surface area contributed by atoms with Gasteiger partial charge in [-0.15, -0.1) is 0 Å². The summed E-state index contributed by atoms with van der Waals surface area (Å²) < 4.78 is 0. The molecule has 220 valence electrons. The van der Waals surface area contributed by atoms with Gasteiger partial charge in [-0.3, -0.25) is 0 Å². The van der Waals surface area contributed by atoms with Gasteiger partial charge in [-0.1, -0.05) is 164 Å². The first kappa shape index (κ1) is 27.3. The zero-order valence-corrected chi connectivity index (χ0v) is 26.2. The van der Waals surface area contributed by atoms with E-state index in [1.807, 2.05) is 0 Å². The molecule has 0 N–H and O–H groups in total. The minimum absolute atomic E-state index is 1.21. The molecule has 0 nitrogen and oxygen atoms in total. The van der Waals surface area contributed by atoms with Crippen LogP contribution in [0.25, 0.3) is 87.6 Å². The Balaban J connectivity index is 1.29. The van der Waals surface area contributed by atoms with Crippen molar-refractivity contribution in [3.8, 4) is 44.5 Å². The van der Waals surface area contributed by atoms with E-state index in [4.69, 9.17) is 0 Å². The van der Waals surface area contributed by atoms with Gasteiger partial charge in [0.15, 0.2) is 0 Å². The number of rotatable bonds is 4. The lowest BCUT2D eigenvalue weighted by molar-refractivity contribution is 1.47. The molecule has 0 radical (unpaired) electrons. The van der Waals surface area contributed by atoms with E-state index in [1.54, 1.807) is 0 Å². The molecule has 0 atom stereocenters. The number of hydrogen-bond acceptors (Lipinski definition) is 0. The van der Waals surface area contributed by atoms with Crippen LogP contribution < -0.4 is 0 Å². The van der Waals surface area contributed by atoms with Crippen molar-refractivity contribution in [2.24, 2.45) is 0 Å². The Hall–Kier alpha value is -5.98. The van der Waals surface area contributed by atoms with Crippen LogP contribution >= 0.6 is 0 Å². The number of hydrogen-bond donors (Lipinski definition) is 0. The van der Waals surface area contributed by atoms with Crippen LogP contribution in [0.2, 0.25) is 0 Å². The predicted octanol–water partition coefficient (Wildman–Crippen LogP) is 13.3. The molecule has 0 saturated carbocycles. The van der Waals surface area contributed by atoms with Gasteiger partial charge < -0.3 is 0 Å². The molecule has 0 aliphatic heterocycles. The highest BCUT2D eigenvalue weighted by atomic mass is 14.2. The summed E-state index contributed by atoms with van der Waals surface area (Å²) >= 11 is 0. The van der Waals surface area contributed by atoms with Gasteiger partial charge in [-0.05, 0) is 112 Å². The van der Waals surface area contributed by atoms with Gasteiger partial charge in [0.1, 0.15) is 0 Å². The van der Waals surface area contributed by atoms with E-state index < -0.39 is 0 Å². The molecule has 0 unspecified atom stereocenters. The number of benzene rings is 9. The van der Waals surface area contributed by atoms with E-state index in [2.05, 4.69) is 183 Å². The Morgan fingerprint density at radius 2 is 0.723 bits per heavy atom. The summed E-state index contributed by atoms with van der Waals surface area (Å²) in [5.74, 6) is 0. The van der Waals surface area contributed by atoms with Crippen LogP contribution in [0.4, 0.5) is 0 Å². The van der Waals surface area contributed by atoms with Crippen molar-refractivity contribution < 1.29 is 0 Å². The van der Waals surface area contributed by atoms with Crippen LogP contribution in [-0.2, 0) is 0 Å². The molecule has 0 aliphatic carbocycles. The Morgan fingerprint density at radius 3 is 1.36 bits per heavy atom. The van der Waals surface area contributed by atoms with Gasteiger partial charge in [0.25, 0.3) is 0 Å². The van der Waals surface area contributed by atoms with Crippen LogP contribution in [0.15, 0.2) is 176 Å². The van der Waals surface area contributed by atoms with Crippen molar-refractivity contribution in [2.45, 2.75) is 6.92 Å². The largest absolute Gasteiger partial charge is 0.0620 e. The first-order valence-electron chi connectivity index (χ1n) is 16.4. The summed E-state index contributed by atoms with van der Waals surface area (Å²) in [6.07, 6.45) is 0. The Morgan fingerprint density at radius 1 is 0.277 bits per heavy atom. The van der Waals surface area contributed by atoms with E-state index >= 15 is 0 Å². The van der Waals surface area contributed by atoms with Crippen molar-refractivity contribution >= 4 is 43.1 Å². The van der Waals surface area contributed by atoms with Crippen molar-refractivity contribution in [1.82, 2.24) is 0 Å². The van der Waals surface area contributed by atoms with Gasteiger partial charge in [0.05, 0.1) is 0 Å². The lowest BCUT2D eigenvalue weighted by Gasteiger charge is -2.20. The highest BCUT2D eigenvalue weighted by Gasteiger charge is 2.19. The van der Waals surface area contributed by atoms with E-state index in [9.17, 15) is 0 Å². The maximum atomic E-state index is 2.41. The molecule has 9 aromatic rings. The van der Waals surface area contributed by atoms with E-state index in [0.717, 1.165) is 0 Å². The molecule has 0 spiro atoms. The van der Waals surface area contributed by atoms with Crippen molar-refractivity contribution in [3.63, 3.8) is 0 Å². The first-order chi connectivity index (χ1) is 23.2. The highest BCUT2D eigenvalue weighted by molar-refractivity contribution is 6.24. The molecule has 0 amide bonds. The molecule has 0 aliphatic rings. The summed E-state index contributed by atoms with van der Waals surface area (Å²) in [5, 5.41) is 10.2. The molecular formula is C47H32. The van der Waals surface area contributed by atoms with Crippen LogP contribution in [0, 0.1) is 6.92 Å². The second-order valence-corrected chi connectivity index (χ2v) is 12.5. The predicted molar refractivity (Wildman–Crippen MR) is 203 cm³/mol. The average molecular weight is 597 g/mol. The van der Waals surface area contributed by atoms with Gasteiger partial charge in [-0.2, -0.15) is 0 Å². The molecule has 0 fully saturated rings. The molecule has 0 heterocycles. The number of fused-ring (bicyclic) bond motifs is 4. The second kappa shape index (κ2) is 11.1. The molecule has 0 heteroatoms. The Labute approximate surface area is 275 Å². The SMILES string of the molecule is Cc1ccccc1-c1c2ccccc2c(-c2cc(-c3ccc(-c4cccc5ccccc45)cc3)cc3ccccc23)c2ccccc12. The van der Waals surface area contributed by atoms with E-state index in [1.165, 1.54) is 93.2 Å². The average Bonchev–Trinajstić information content (AvgIpc) is 3.14. The fraction of sp³-hybridized carbons (Fsp3) is 0.0213. The smallest absolute Gasteiger partial charge is 0.00199 e. The fourth-order valence-electron chi connectivity index (χ4n) is 7.57. The normalized spacial score (nSPS) is 11.5. The Kier molecular flexibility index (Phi) is 6.47. The minimum Gasteiger partial charge on any atom is -0.0620 e. The summed E-state index contributed by atoms with van der Waals surface area (Å²) in [7, 11) is 0. The quantitative estimate of drug-likeness (QED) is 0.177. The first-order valence-corrected chi connectivity index (χ1v) is 16.4. The van der Waals surface area contributed by atoms with Crippen LogP contribution in [0.3, 0.4) is 0 Å². The summed E-state index contributed by atoms with van der Waals surface area (Å²) in [6, 6.07) is 64.6. The zero-order valence-electron chi connectivity index (χ0n) is 26.2. The van der Waals surface area contributed by atoms with Gasteiger partial charge in [0, 0.05) is 0 Å². The molecular weight excluding hydrogens is 565 g/mol. The maximum absolute atomic E-state index is 2.41. The summed E-state index contributed by atoms with van der Waals surface area (Å²) in [5.41, 5.74) is 11.4. The highest BCUT2D eigenvalue weighted by Crippen LogP contribution is 2.46. The third-order valence-corrected chi connectivity index (χ3v) is 9.80. The minimum atomic E-state index is 1.21. The van der Waals surface area contributed by atoms with Crippen molar-refractivity contribution in [2.75, 3.05) is 0 Å². The lowest BCUT2D eigenvalue weighted by Crippen LogP contribution is -1.93. The van der Waals surface area contributed by atoms with Crippen molar-refractivity contribution in [1.29, 1.82) is 0 Å². The van der Waals surface area contributed by atoms with E-state index in [0.29, 0.717) is 0 Å². The third-order valence-electron chi connectivity index (χ3n) is 9.80. The van der Waals surface area contributed by atoms with Gasteiger partial charge in [0.2, 0.25) is 0 Å². The van der Waals surface area contributed by atoms with Crippen molar-refractivity contribution in [3.05, 3.63) is 181 Å². The van der Waals surface area contributed by atoms with Crippen LogP contribution in [0.5, 0.6) is 0 Å². The Bertz CT molecular complexity index is 2560. The second-order valence-electron chi connectivity index (χ2n) is 12.5. The van der Waals surface area contributed by atoms with Crippen LogP contribution in [0.1, 0.15) is 5.56 Å². The molecule has 0 bridgehead atoms.